The summed E-state index contributed by atoms with van der Waals surface area (Å²) in [4.78, 5) is 6.45. The second kappa shape index (κ2) is 7.74. The van der Waals surface area contributed by atoms with Gasteiger partial charge in [-0.3, -0.25) is 10.00 Å². The van der Waals surface area contributed by atoms with E-state index in [2.05, 4.69) is 30.9 Å². The number of aromatic amines is 1. The Hall–Kier alpha value is -1.96. The average molecular weight is 405 g/mol. The fourth-order valence-electron chi connectivity index (χ4n) is 2.28. The highest BCUT2D eigenvalue weighted by Gasteiger charge is 2.07. The Morgan fingerprint density at radius 3 is 2.75 bits per heavy atom. The molecule has 1 aromatic carbocycles. The van der Waals surface area contributed by atoms with E-state index in [1.54, 1.807) is 0 Å². The standard InChI is InChI=1S/C17H17BrN4OS/c1-21(11-14-8-9-15(18)23-14)12-22-17(24)19-16(20-22)10-7-13-5-3-2-4-6-13/h2-10H,11-12H2,1H3,(H,19,20,24)/b10-7+. The van der Waals surface area contributed by atoms with Crippen LogP contribution in [0.2, 0.25) is 0 Å². The van der Waals surface area contributed by atoms with Crippen LogP contribution in [0.15, 0.2) is 51.6 Å². The van der Waals surface area contributed by atoms with E-state index >= 15 is 0 Å². The van der Waals surface area contributed by atoms with Crippen molar-refractivity contribution >= 4 is 40.3 Å². The molecule has 0 radical (unpaired) electrons. The first-order valence-electron chi connectivity index (χ1n) is 7.43. The van der Waals surface area contributed by atoms with Crippen LogP contribution in [0.1, 0.15) is 17.1 Å². The van der Waals surface area contributed by atoms with Gasteiger partial charge in [0.25, 0.3) is 0 Å². The Labute approximate surface area is 153 Å². The summed E-state index contributed by atoms with van der Waals surface area (Å²) in [6.45, 7) is 1.28. The van der Waals surface area contributed by atoms with Gasteiger partial charge in [-0.25, -0.2) is 4.68 Å². The van der Waals surface area contributed by atoms with E-state index in [1.807, 2.05) is 66.3 Å². The molecule has 0 unspecified atom stereocenters. The molecule has 0 fully saturated rings. The van der Waals surface area contributed by atoms with Crippen LogP contribution in [0.4, 0.5) is 0 Å². The number of hydrogen-bond acceptors (Lipinski definition) is 4. The average Bonchev–Trinajstić information content (AvgIpc) is 3.12. The molecule has 0 aliphatic heterocycles. The molecule has 2 heterocycles. The monoisotopic (exact) mass is 404 g/mol. The number of furan rings is 1. The molecule has 24 heavy (non-hydrogen) atoms. The fourth-order valence-corrected chi connectivity index (χ4v) is 2.82. The summed E-state index contributed by atoms with van der Waals surface area (Å²) in [5.41, 5.74) is 1.12. The first kappa shape index (κ1) is 16.9. The SMILES string of the molecule is CN(Cc1ccc(Br)o1)Cn1[nH]c(/C=C/c2ccccc2)nc1=S. The van der Waals surface area contributed by atoms with E-state index < -0.39 is 0 Å². The minimum Gasteiger partial charge on any atom is -0.453 e. The molecule has 2 aromatic heterocycles. The highest BCUT2D eigenvalue weighted by molar-refractivity contribution is 9.10. The van der Waals surface area contributed by atoms with Crippen LogP contribution in [0.3, 0.4) is 0 Å². The largest absolute Gasteiger partial charge is 0.453 e. The van der Waals surface area contributed by atoms with E-state index in [-0.39, 0.29) is 0 Å². The van der Waals surface area contributed by atoms with Gasteiger partial charge >= 0.3 is 0 Å². The summed E-state index contributed by atoms with van der Waals surface area (Å²) in [7, 11) is 2.00. The molecule has 0 saturated carbocycles. The van der Waals surface area contributed by atoms with E-state index in [0.717, 1.165) is 21.8 Å². The first-order valence-corrected chi connectivity index (χ1v) is 8.63. The summed E-state index contributed by atoms with van der Waals surface area (Å²) < 4.78 is 8.61. The fraction of sp³-hybridized carbons (Fsp3) is 0.176. The lowest BCUT2D eigenvalue weighted by Crippen LogP contribution is -2.22. The van der Waals surface area contributed by atoms with Gasteiger partial charge in [0.05, 0.1) is 13.2 Å². The molecule has 0 atom stereocenters. The molecule has 0 bridgehead atoms. The number of aromatic nitrogens is 3. The van der Waals surface area contributed by atoms with E-state index in [1.165, 1.54) is 0 Å². The van der Waals surface area contributed by atoms with Crippen LogP contribution >= 0.6 is 28.1 Å². The number of nitrogens with one attached hydrogen (secondary N) is 1. The molecular formula is C17H17BrN4OS. The Balaban J connectivity index is 1.65. The number of rotatable bonds is 6. The molecule has 5 nitrogen and oxygen atoms in total. The molecule has 0 aliphatic carbocycles. The van der Waals surface area contributed by atoms with Crippen LogP contribution in [0, 0.1) is 4.77 Å². The van der Waals surface area contributed by atoms with E-state index in [4.69, 9.17) is 16.6 Å². The van der Waals surface area contributed by atoms with Crippen molar-refractivity contribution in [1.82, 2.24) is 19.7 Å². The van der Waals surface area contributed by atoms with Gasteiger partial charge in [-0.2, -0.15) is 4.98 Å². The van der Waals surface area contributed by atoms with Crippen LogP contribution < -0.4 is 0 Å². The number of hydrogen-bond donors (Lipinski definition) is 1. The number of nitrogens with zero attached hydrogens (tertiary/aromatic N) is 3. The maximum absolute atomic E-state index is 5.52. The molecule has 0 aliphatic rings. The molecule has 3 rings (SSSR count). The lowest BCUT2D eigenvalue weighted by molar-refractivity contribution is 0.225. The third kappa shape index (κ3) is 4.53. The van der Waals surface area contributed by atoms with Crippen LogP contribution in [-0.4, -0.2) is 26.7 Å². The molecule has 0 saturated heterocycles. The normalized spacial score (nSPS) is 11.6. The number of halogens is 1. The Kier molecular flexibility index (Phi) is 5.44. The predicted molar refractivity (Wildman–Crippen MR) is 101 cm³/mol. The van der Waals surface area contributed by atoms with E-state index in [9.17, 15) is 0 Å². The van der Waals surface area contributed by atoms with Crippen molar-refractivity contribution in [2.75, 3.05) is 7.05 Å². The molecule has 124 valence electrons. The van der Waals surface area contributed by atoms with Crippen molar-refractivity contribution in [2.45, 2.75) is 13.2 Å². The van der Waals surface area contributed by atoms with Gasteiger partial charge in [-0.05, 0) is 59.0 Å². The maximum Gasteiger partial charge on any atom is 0.217 e. The van der Waals surface area contributed by atoms with Gasteiger partial charge in [-0.15, -0.1) is 0 Å². The third-order valence-corrected chi connectivity index (χ3v) is 4.11. The minimum atomic E-state index is 0.523. The van der Waals surface area contributed by atoms with Gasteiger partial charge in [-0.1, -0.05) is 36.4 Å². The zero-order valence-electron chi connectivity index (χ0n) is 13.1. The molecule has 0 spiro atoms. The second-order valence-corrected chi connectivity index (χ2v) is 6.57. The second-order valence-electron chi connectivity index (χ2n) is 5.42. The van der Waals surface area contributed by atoms with Gasteiger partial charge in [0, 0.05) is 0 Å². The van der Waals surface area contributed by atoms with Crippen molar-refractivity contribution < 1.29 is 4.42 Å². The van der Waals surface area contributed by atoms with Crippen molar-refractivity contribution in [2.24, 2.45) is 0 Å². The van der Waals surface area contributed by atoms with Crippen LogP contribution in [-0.2, 0) is 13.2 Å². The topological polar surface area (TPSA) is 50.0 Å². The van der Waals surface area contributed by atoms with Crippen LogP contribution in [0.5, 0.6) is 0 Å². The Bertz CT molecular complexity index is 881. The summed E-state index contributed by atoms with van der Waals surface area (Å²) >= 11 is 8.63. The molecule has 1 N–H and O–H groups in total. The van der Waals surface area contributed by atoms with Gasteiger partial charge < -0.3 is 4.42 Å². The summed E-state index contributed by atoms with van der Waals surface area (Å²) in [5, 5.41) is 3.21. The van der Waals surface area contributed by atoms with Crippen molar-refractivity contribution in [3.8, 4) is 0 Å². The lowest BCUT2D eigenvalue weighted by Gasteiger charge is -2.15. The quantitative estimate of drug-likeness (QED) is 0.611. The van der Waals surface area contributed by atoms with Gasteiger partial charge in [0.15, 0.2) is 4.67 Å². The summed E-state index contributed by atoms with van der Waals surface area (Å²) in [6.07, 6.45) is 3.92. The molecule has 7 heteroatoms. The molecule has 3 aromatic rings. The third-order valence-electron chi connectivity index (χ3n) is 3.37. The molecular weight excluding hydrogens is 388 g/mol. The highest BCUT2D eigenvalue weighted by Crippen LogP contribution is 2.15. The predicted octanol–water partition coefficient (Wildman–Crippen LogP) is 4.56. The van der Waals surface area contributed by atoms with Crippen LogP contribution in [0.25, 0.3) is 12.2 Å². The maximum atomic E-state index is 5.52. The first-order chi connectivity index (χ1) is 11.6. The summed E-state index contributed by atoms with van der Waals surface area (Å²) in [5.74, 6) is 1.62. The Morgan fingerprint density at radius 2 is 2.04 bits per heavy atom. The smallest absolute Gasteiger partial charge is 0.217 e. The number of H-pyrrole nitrogens is 1. The summed E-state index contributed by atoms with van der Waals surface area (Å²) in [6, 6.07) is 13.9. The van der Waals surface area contributed by atoms with Crippen molar-refractivity contribution in [3.05, 3.63) is 69.1 Å². The Morgan fingerprint density at radius 1 is 1.25 bits per heavy atom. The minimum absolute atomic E-state index is 0.523. The zero-order valence-corrected chi connectivity index (χ0v) is 15.5. The molecule has 0 amide bonds. The van der Waals surface area contributed by atoms with Crippen molar-refractivity contribution in [1.29, 1.82) is 0 Å². The van der Waals surface area contributed by atoms with Gasteiger partial charge in [0.1, 0.15) is 11.6 Å². The van der Waals surface area contributed by atoms with Gasteiger partial charge in [0.2, 0.25) is 4.77 Å². The zero-order chi connectivity index (χ0) is 16.9. The lowest BCUT2D eigenvalue weighted by atomic mass is 10.2. The van der Waals surface area contributed by atoms with E-state index in [0.29, 0.717) is 18.0 Å². The van der Waals surface area contributed by atoms with Crippen molar-refractivity contribution in [3.63, 3.8) is 0 Å². The highest BCUT2D eigenvalue weighted by atomic mass is 79.9. The number of benzene rings is 1.